The van der Waals surface area contributed by atoms with Crippen molar-refractivity contribution in [3.63, 3.8) is 0 Å². The normalized spacial score (nSPS) is 10.3. The molecule has 0 heterocycles. The van der Waals surface area contributed by atoms with Crippen LogP contribution in [0, 0.1) is 11.3 Å². The van der Waals surface area contributed by atoms with Crippen LogP contribution < -0.4 is 0 Å². The summed E-state index contributed by atoms with van der Waals surface area (Å²) < 4.78 is 25.7. The molecule has 1 rings (SSSR count). The standard InChI is InChI=1S/C11H9F2NO3/c12-11(13)10-6(3-9(16)17)1-2-7(4-14)8(10)5-15/h1-2,11,15H,3,5H2,(H,16,17). The van der Waals surface area contributed by atoms with Gasteiger partial charge in [0.25, 0.3) is 6.43 Å². The van der Waals surface area contributed by atoms with E-state index in [2.05, 4.69) is 0 Å². The average Bonchev–Trinajstić information content (AvgIpc) is 2.26. The largest absolute Gasteiger partial charge is 0.481 e. The zero-order valence-electron chi connectivity index (χ0n) is 8.65. The average molecular weight is 241 g/mol. The first-order chi connectivity index (χ1) is 8.01. The van der Waals surface area contributed by atoms with Crippen LogP contribution in [-0.4, -0.2) is 16.2 Å². The van der Waals surface area contributed by atoms with Crippen molar-refractivity contribution in [2.45, 2.75) is 19.5 Å². The summed E-state index contributed by atoms with van der Waals surface area (Å²) in [5, 5.41) is 26.3. The van der Waals surface area contributed by atoms with E-state index in [9.17, 15) is 13.6 Å². The maximum Gasteiger partial charge on any atom is 0.307 e. The first-order valence-electron chi connectivity index (χ1n) is 4.66. The Morgan fingerprint density at radius 3 is 2.53 bits per heavy atom. The fourth-order valence-electron chi connectivity index (χ4n) is 1.58. The van der Waals surface area contributed by atoms with Crippen LogP contribution in [0.5, 0.6) is 0 Å². The van der Waals surface area contributed by atoms with Crippen molar-refractivity contribution in [2.24, 2.45) is 0 Å². The lowest BCUT2D eigenvalue weighted by Gasteiger charge is -2.13. The first kappa shape index (κ1) is 13.1. The van der Waals surface area contributed by atoms with Crippen molar-refractivity contribution >= 4 is 5.97 Å². The van der Waals surface area contributed by atoms with Gasteiger partial charge in [-0.25, -0.2) is 8.78 Å². The molecule has 0 aromatic heterocycles. The summed E-state index contributed by atoms with van der Waals surface area (Å²) in [7, 11) is 0. The lowest BCUT2D eigenvalue weighted by molar-refractivity contribution is -0.136. The highest BCUT2D eigenvalue weighted by molar-refractivity contribution is 5.71. The zero-order chi connectivity index (χ0) is 13.0. The number of benzene rings is 1. The highest BCUT2D eigenvalue weighted by Crippen LogP contribution is 2.29. The minimum Gasteiger partial charge on any atom is -0.481 e. The van der Waals surface area contributed by atoms with Crippen LogP contribution >= 0.6 is 0 Å². The molecule has 0 fully saturated rings. The molecule has 0 bridgehead atoms. The number of carboxylic acids is 1. The summed E-state index contributed by atoms with van der Waals surface area (Å²) in [6.07, 6.45) is -3.50. The predicted molar refractivity (Wildman–Crippen MR) is 53.4 cm³/mol. The quantitative estimate of drug-likeness (QED) is 0.839. The SMILES string of the molecule is N#Cc1ccc(CC(=O)O)c(C(F)F)c1CO. The van der Waals surface area contributed by atoms with Gasteiger partial charge in [0.05, 0.1) is 24.7 Å². The molecule has 1 aromatic rings. The summed E-state index contributed by atoms with van der Waals surface area (Å²) in [5.41, 5.74) is -0.928. The third-order valence-electron chi connectivity index (χ3n) is 2.29. The van der Waals surface area contributed by atoms with Gasteiger partial charge in [-0.1, -0.05) is 6.07 Å². The van der Waals surface area contributed by atoms with E-state index in [0.717, 1.165) is 0 Å². The zero-order valence-corrected chi connectivity index (χ0v) is 8.65. The van der Waals surface area contributed by atoms with Gasteiger partial charge in [-0.2, -0.15) is 5.26 Å². The summed E-state index contributed by atoms with van der Waals surface area (Å²) in [6, 6.07) is 4.09. The third-order valence-corrected chi connectivity index (χ3v) is 2.29. The molecule has 0 saturated heterocycles. The van der Waals surface area contributed by atoms with Gasteiger partial charge in [-0.3, -0.25) is 4.79 Å². The Morgan fingerprint density at radius 2 is 2.12 bits per heavy atom. The van der Waals surface area contributed by atoms with Crippen molar-refractivity contribution in [3.8, 4) is 6.07 Å². The Bertz CT molecular complexity index is 480. The molecule has 90 valence electrons. The molecule has 0 aliphatic heterocycles. The molecule has 0 spiro atoms. The summed E-state index contributed by atoms with van der Waals surface area (Å²) in [5.74, 6) is -1.25. The van der Waals surface area contributed by atoms with Crippen molar-refractivity contribution in [1.82, 2.24) is 0 Å². The topological polar surface area (TPSA) is 81.3 Å². The van der Waals surface area contributed by atoms with Crippen LogP contribution in [0.4, 0.5) is 8.78 Å². The van der Waals surface area contributed by atoms with Gasteiger partial charge in [0, 0.05) is 11.1 Å². The van der Waals surface area contributed by atoms with Crippen LogP contribution in [0.1, 0.15) is 28.7 Å². The molecule has 0 aliphatic rings. The van der Waals surface area contributed by atoms with Gasteiger partial charge in [-0.05, 0) is 11.6 Å². The van der Waals surface area contributed by atoms with Crippen molar-refractivity contribution in [1.29, 1.82) is 5.26 Å². The fourth-order valence-corrected chi connectivity index (χ4v) is 1.58. The maximum absolute atomic E-state index is 12.8. The van der Waals surface area contributed by atoms with Crippen LogP contribution in [-0.2, 0) is 17.8 Å². The monoisotopic (exact) mass is 241 g/mol. The first-order valence-corrected chi connectivity index (χ1v) is 4.66. The second kappa shape index (κ2) is 5.37. The minimum atomic E-state index is -2.93. The van der Waals surface area contributed by atoms with E-state index in [1.807, 2.05) is 0 Å². The number of aliphatic carboxylic acids is 1. The number of carboxylic acid groups (broad SMARTS) is 1. The Labute approximate surface area is 95.7 Å². The van der Waals surface area contributed by atoms with Crippen molar-refractivity contribution in [3.05, 3.63) is 34.4 Å². The number of halogens is 2. The smallest absolute Gasteiger partial charge is 0.307 e. The van der Waals surface area contributed by atoms with Gasteiger partial charge in [0.15, 0.2) is 0 Å². The van der Waals surface area contributed by atoms with E-state index >= 15 is 0 Å². The number of rotatable bonds is 4. The molecule has 0 radical (unpaired) electrons. The second-order valence-electron chi connectivity index (χ2n) is 3.31. The molecule has 0 saturated carbocycles. The number of hydrogen-bond donors (Lipinski definition) is 2. The molecular weight excluding hydrogens is 232 g/mol. The van der Waals surface area contributed by atoms with E-state index in [4.69, 9.17) is 15.5 Å². The van der Waals surface area contributed by atoms with E-state index in [1.165, 1.54) is 12.1 Å². The maximum atomic E-state index is 12.8. The van der Waals surface area contributed by atoms with Crippen molar-refractivity contribution in [2.75, 3.05) is 0 Å². The Kier molecular flexibility index (Phi) is 4.12. The molecule has 4 nitrogen and oxygen atoms in total. The molecule has 1 aromatic carbocycles. The summed E-state index contributed by atoms with van der Waals surface area (Å²) >= 11 is 0. The number of nitriles is 1. The van der Waals surface area contributed by atoms with E-state index in [-0.39, 0.29) is 16.7 Å². The molecule has 2 N–H and O–H groups in total. The van der Waals surface area contributed by atoms with E-state index in [1.54, 1.807) is 6.07 Å². The van der Waals surface area contributed by atoms with Crippen LogP contribution in [0.25, 0.3) is 0 Å². The number of nitrogens with zero attached hydrogens (tertiary/aromatic N) is 1. The van der Waals surface area contributed by atoms with Crippen LogP contribution in [0.15, 0.2) is 12.1 Å². The van der Waals surface area contributed by atoms with E-state index < -0.39 is 31.0 Å². The van der Waals surface area contributed by atoms with Gasteiger partial charge < -0.3 is 10.2 Å². The molecular formula is C11H9F2NO3. The second-order valence-corrected chi connectivity index (χ2v) is 3.31. The molecule has 17 heavy (non-hydrogen) atoms. The van der Waals surface area contributed by atoms with Gasteiger partial charge in [-0.15, -0.1) is 0 Å². The number of aliphatic hydroxyl groups is 1. The van der Waals surface area contributed by atoms with Gasteiger partial charge in [0.1, 0.15) is 0 Å². The molecule has 0 unspecified atom stereocenters. The minimum absolute atomic E-state index is 0.0723. The number of hydrogen-bond acceptors (Lipinski definition) is 3. The number of aliphatic hydroxyl groups excluding tert-OH is 1. The highest BCUT2D eigenvalue weighted by Gasteiger charge is 2.21. The Balaban J connectivity index is 3.43. The van der Waals surface area contributed by atoms with Crippen LogP contribution in [0.2, 0.25) is 0 Å². The summed E-state index contributed by atoms with van der Waals surface area (Å²) in [6.45, 7) is -0.726. The van der Waals surface area contributed by atoms with E-state index in [0.29, 0.717) is 0 Å². The van der Waals surface area contributed by atoms with Gasteiger partial charge in [0.2, 0.25) is 0 Å². The third kappa shape index (κ3) is 2.77. The highest BCUT2D eigenvalue weighted by atomic mass is 19.3. The fraction of sp³-hybridized carbons (Fsp3) is 0.273. The molecule has 0 amide bonds. The predicted octanol–water partition coefficient (Wildman–Crippen LogP) is 1.62. The van der Waals surface area contributed by atoms with Crippen LogP contribution in [0.3, 0.4) is 0 Å². The van der Waals surface area contributed by atoms with Crippen molar-refractivity contribution < 1.29 is 23.8 Å². The molecule has 0 aliphatic carbocycles. The Morgan fingerprint density at radius 1 is 1.47 bits per heavy atom. The summed E-state index contributed by atoms with van der Waals surface area (Å²) in [4.78, 5) is 10.5. The van der Waals surface area contributed by atoms with Gasteiger partial charge >= 0.3 is 5.97 Å². The lowest BCUT2D eigenvalue weighted by Crippen LogP contribution is -2.08. The number of carbonyl (C=O) groups is 1. The lowest BCUT2D eigenvalue weighted by atomic mass is 9.95. The molecule has 6 heteroatoms. The Hall–Kier alpha value is -2.00. The molecule has 0 atom stereocenters. The number of alkyl halides is 2.